The number of hydrogen-bond acceptors (Lipinski definition) is 5. The predicted octanol–water partition coefficient (Wildman–Crippen LogP) is 5.30. The molecule has 2 aliphatic heterocycles. The molecule has 0 unspecified atom stereocenters. The number of aryl methyl sites for hydroxylation is 1. The predicted molar refractivity (Wildman–Crippen MR) is 130 cm³/mol. The molecule has 1 saturated heterocycles. The Kier molecular flexibility index (Phi) is 6.00. The Morgan fingerprint density at radius 2 is 1.88 bits per heavy atom. The van der Waals surface area contributed by atoms with E-state index in [2.05, 4.69) is 29.7 Å². The Morgan fingerprint density at radius 3 is 2.64 bits per heavy atom. The highest BCUT2D eigenvalue weighted by atomic mass is 16.5. The molecule has 2 aromatic rings. The van der Waals surface area contributed by atoms with E-state index in [4.69, 9.17) is 14.5 Å². The van der Waals surface area contributed by atoms with Crippen LogP contribution in [-0.4, -0.2) is 54.3 Å². The molecule has 6 nitrogen and oxygen atoms in total. The molecule has 33 heavy (non-hydrogen) atoms. The van der Waals surface area contributed by atoms with Gasteiger partial charge >= 0.3 is 0 Å². The summed E-state index contributed by atoms with van der Waals surface area (Å²) in [5, 5.41) is 0. The largest absolute Gasteiger partial charge is 0.497 e. The quantitative estimate of drug-likeness (QED) is 0.627. The van der Waals surface area contributed by atoms with E-state index >= 15 is 0 Å². The monoisotopic (exact) mass is 447 g/mol. The number of benzene rings is 2. The van der Waals surface area contributed by atoms with Crippen LogP contribution in [0.4, 0.5) is 5.69 Å². The number of aliphatic imine (C=N–C) groups is 1. The maximum atomic E-state index is 13.2. The van der Waals surface area contributed by atoms with Gasteiger partial charge in [-0.2, -0.15) is 0 Å². The van der Waals surface area contributed by atoms with Crippen LogP contribution in [0.2, 0.25) is 0 Å². The fourth-order valence-electron chi connectivity index (χ4n) is 5.29. The SMILES string of the molecule is COc1ccc2c(c1)C(N1CCN(C(=O)C3CCCCC3)[C@H](C)C1)=Nc1ccc(C)cc1O2. The van der Waals surface area contributed by atoms with Gasteiger partial charge in [0.15, 0.2) is 5.75 Å². The van der Waals surface area contributed by atoms with Gasteiger partial charge in [0.25, 0.3) is 0 Å². The van der Waals surface area contributed by atoms with Crippen molar-refractivity contribution in [1.82, 2.24) is 9.80 Å². The second-order valence-corrected chi connectivity index (χ2v) is 9.53. The van der Waals surface area contributed by atoms with Gasteiger partial charge < -0.3 is 19.3 Å². The summed E-state index contributed by atoms with van der Waals surface area (Å²) in [6.07, 6.45) is 5.70. The molecule has 0 aromatic heterocycles. The number of nitrogens with zero attached hydrogens (tertiary/aromatic N) is 3. The number of carbonyl (C=O) groups is 1. The maximum Gasteiger partial charge on any atom is 0.226 e. The molecule has 3 aliphatic rings. The summed E-state index contributed by atoms with van der Waals surface area (Å²) in [5.74, 6) is 3.73. The van der Waals surface area contributed by atoms with Gasteiger partial charge in [-0.05, 0) is 62.6 Å². The minimum Gasteiger partial charge on any atom is -0.497 e. The van der Waals surface area contributed by atoms with Gasteiger partial charge in [-0.3, -0.25) is 4.79 Å². The van der Waals surface area contributed by atoms with Gasteiger partial charge in [0.05, 0.1) is 12.7 Å². The fraction of sp³-hybridized carbons (Fsp3) is 0.481. The lowest BCUT2D eigenvalue weighted by atomic mass is 9.87. The number of piperazine rings is 1. The molecule has 0 radical (unpaired) electrons. The van der Waals surface area contributed by atoms with E-state index in [9.17, 15) is 4.79 Å². The summed E-state index contributed by atoms with van der Waals surface area (Å²) in [6.45, 7) is 6.42. The first-order chi connectivity index (χ1) is 16.0. The topological polar surface area (TPSA) is 54.4 Å². The highest BCUT2D eigenvalue weighted by Crippen LogP contribution is 2.40. The molecule has 2 heterocycles. The van der Waals surface area contributed by atoms with Crippen molar-refractivity contribution in [2.24, 2.45) is 10.9 Å². The lowest BCUT2D eigenvalue weighted by Gasteiger charge is -2.43. The number of rotatable bonds is 2. The highest BCUT2D eigenvalue weighted by molar-refractivity contribution is 6.04. The van der Waals surface area contributed by atoms with Crippen molar-refractivity contribution in [3.63, 3.8) is 0 Å². The zero-order chi connectivity index (χ0) is 22.9. The fourth-order valence-corrected chi connectivity index (χ4v) is 5.29. The molecule has 174 valence electrons. The lowest BCUT2D eigenvalue weighted by Crippen LogP contribution is -2.56. The second-order valence-electron chi connectivity index (χ2n) is 9.53. The standard InChI is InChI=1S/C27H33N3O3/c1-18-9-11-23-25(15-18)33-24-12-10-21(32-3)16-22(24)26(28-23)29-13-14-30(19(2)17-29)27(31)20-7-5-4-6-8-20/h9-12,15-16,19-20H,4-8,13-14,17H2,1-3H3/t19-/m1/s1. The average molecular weight is 448 g/mol. The summed E-state index contributed by atoms with van der Waals surface area (Å²) in [6, 6.07) is 12.1. The van der Waals surface area contributed by atoms with Gasteiger partial charge in [-0.15, -0.1) is 0 Å². The Labute approximate surface area is 196 Å². The molecule has 1 atom stereocenters. The van der Waals surface area contributed by atoms with Crippen molar-refractivity contribution in [3.05, 3.63) is 47.5 Å². The Morgan fingerprint density at radius 1 is 1.06 bits per heavy atom. The van der Waals surface area contributed by atoms with E-state index in [1.165, 1.54) is 19.3 Å². The Balaban J connectivity index is 1.45. The van der Waals surface area contributed by atoms with Crippen LogP contribution < -0.4 is 9.47 Å². The summed E-state index contributed by atoms with van der Waals surface area (Å²) in [7, 11) is 1.67. The summed E-state index contributed by atoms with van der Waals surface area (Å²) in [5.41, 5.74) is 2.87. The van der Waals surface area contributed by atoms with E-state index in [0.717, 1.165) is 72.4 Å². The van der Waals surface area contributed by atoms with Crippen molar-refractivity contribution in [1.29, 1.82) is 0 Å². The molecule has 0 N–H and O–H groups in total. The Hall–Kier alpha value is -3.02. The molecule has 1 aliphatic carbocycles. The number of ether oxygens (including phenoxy) is 2. The van der Waals surface area contributed by atoms with Crippen LogP contribution in [0.5, 0.6) is 17.2 Å². The first-order valence-electron chi connectivity index (χ1n) is 12.1. The number of carbonyl (C=O) groups excluding carboxylic acids is 1. The molecule has 5 rings (SSSR count). The zero-order valence-corrected chi connectivity index (χ0v) is 19.8. The van der Waals surface area contributed by atoms with Crippen LogP contribution in [0.15, 0.2) is 41.4 Å². The molecule has 2 fully saturated rings. The third-order valence-corrected chi connectivity index (χ3v) is 7.15. The lowest BCUT2D eigenvalue weighted by molar-refractivity contribution is -0.140. The van der Waals surface area contributed by atoms with Gasteiger partial charge in [0.2, 0.25) is 5.91 Å². The average Bonchev–Trinajstić information content (AvgIpc) is 3.00. The van der Waals surface area contributed by atoms with Gasteiger partial charge in [-0.1, -0.05) is 25.3 Å². The first kappa shape index (κ1) is 21.8. The molecule has 1 amide bonds. The third-order valence-electron chi connectivity index (χ3n) is 7.15. The van der Waals surface area contributed by atoms with Crippen molar-refractivity contribution in [3.8, 4) is 17.2 Å². The second kappa shape index (κ2) is 9.08. The van der Waals surface area contributed by atoms with Crippen molar-refractivity contribution in [2.45, 2.75) is 52.0 Å². The van der Waals surface area contributed by atoms with Crippen molar-refractivity contribution >= 4 is 17.4 Å². The van der Waals surface area contributed by atoms with Crippen LogP contribution in [0.3, 0.4) is 0 Å². The highest BCUT2D eigenvalue weighted by Gasteiger charge is 2.34. The maximum absolute atomic E-state index is 13.2. The van der Waals surface area contributed by atoms with E-state index in [-0.39, 0.29) is 12.0 Å². The minimum absolute atomic E-state index is 0.131. The smallest absolute Gasteiger partial charge is 0.226 e. The van der Waals surface area contributed by atoms with Gasteiger partial charge in [0, 0.05) is 31.6 Å². The molecule has 0 spiro atoms. The van der Waals surface area contributed by atoms with Crippen LogP contribution >= 0.6 is 0 Å². The van der Waals surface area contributed by atoms with E-state index < -0.39 is 0 Å². The normalized spacial score (nSPS) is 20.8. The van der Waals surface area contributed by atoms with Gasteiger partial charge in [-0.25, -0.2) is 4.99 Å². The molecule has 0 bridgehead atoms. The number of fused-ring (bicyclic) bond motifs is 2. The third kappa shape index (κ3) is 4.31. The first-order valence-corrected chi connectivity index (χ1v) is 12.1. The minimum atomic E-state index is 0.131. The Bertz CT molecular complexity index is 1070. The van der Waals surface area contributed by atoms with Gasteiger partial charge in [0.1, 0.15) is 23.0 Å². The van der Waals surface area contributed by atoms with E-state index in [0.29, 0.717) is 5.91 Å². The van der Waals surface area contributed by atoms with Crippen LogP contribution in [0.25, 0.3) is 0 Å². The van der Waals surface area contributed by atoms with E-state index in [1.54, 1.807) is 7.11 Å². The van der Waals surface area contributed by atoms with Crippen LogP contribution in [0, 0.1) is 12.8 Å². The molecular formula is C27H33N3O3. The van der Waals surface area contributed by atoms with Crippen LogP contribution in [-0.2, 0) is 4.79 Å². The van der Waals surface area contributed by atoms with E-state index in [1.807, 2.05) is 30.3 Å². The number of amides is 1. The molecular weight excluding hydrogens is 414 g/mol. The summed E-state index contributed by atoms with van der Waals surface area (Å²) >= 11 is 0. The number of amidine groups is 1. The summed E-state index contributed by atoms with van der Waals surface area (Å²) in [4.78, 5) is 22.7. The molecule has 1 saturated carbocycles. The molecule has 2 aromatic carbocycles. The number of hydrogen-bond donors (Lipinski definition) is 0. The molecule has 6 heteroatoms. The zero-order valence-electron chi connectivity index (χ0n) is 19.8. The summed E-state index contributed by atoms with van der Waals surface area (Å²) < 4.78 is 11.8. The number of methoxy groups -OCH3 is 1. The van der Waals surface area contributed by atoms with Crippen molar-refractivity contribution < 1.29 is 14.3 Å². The van der Waals surface area contributed by atoms with Crippen molar-refractivity contribution in [2.75, 3.05) is 26.7 Å². The van der Waals surface area contributed by atoms with Crippen LogP contribution in [0.1, 0.15) is 50.2 Å².